The number of hydrogen-bond acceptors (Lipinski definition) is 2. The van der Waals surface area contributed by atoms with E-state index in [1.807, 2.05) is 0 Å². The van der Waals surface area contributed by atoms with E-state index in [4.69, 9.17) is 4.74 Å². The van der Waals surface area contributed by atoms with Crippen LogP contribution >= 0.6 is 15.9 Å². The smallest absolute Gasteiger partial charge is 0.302 e. The number of rotatable bonds is 12. The van der Waals surface area contributed by atoms with Crippen molar-refractivity contribution < 1.29 is 9.53 Å². The Morgan fingerprint density at radius 3 is 1.65 bits per heavy atom. The van der Waals surface area contributed by atoms with E-state index < -0.39 is 0 Å². The molecule has 102 valence electrons. The largest absolute Gasteiger partial charge is 0.466 e. The molecule has 0 aromatic heterocycles. The number of carbonyl (C=O) groups is 1. The zero-order valence-corrected chi connectivity index (χ0v) is 12.8. The minimum absolute atomic E-state index is 0.159. The first-order chi connectivity index (χ1) is 8.27. The molecule has 3 heteroatoms. The second-order valence-electron chi connectivity index (χ2n) is 4.56. The van der Waals surface area contributed by atoms with Crippen molar-refractivity contribution in [3.8, 4) is 0 Å². The highest BCUT2D eigenvalue weighted by Crippen LogP contribution is 2.11. The molecule has 0 heterocycles. The van der Waals surface area contributed by atoms with Gasteiger partial charge in [-0.15, -0.1) is 0 Å². The molecule has 0 radical (unpaired) electrons. The monoisotopic (exact) mass is 306 g/mol. The van der Waals surface area contributed by atoms with Crippen molar-refractivity contribution in [1.29, 1.82) is 0 Å². The van der Waals surface area contributed by atoms with Crippen LogP contribution in [0.2, 0.25) is 0 Å². The first kappa shape index (κ1) is 16.9. The maximum atomic E-state index is 10.5. The molecule has 0 aliphatic carbocycles. The van der Waals surface area contributed by atoms with Gasteiger partial charge in [0.1, 0.15) is 0 Å². The van der Waals surface area contributed by atoms with E-state index in [1.54, 1.807) is 0 Å². The standard InChI is InChI=1S/C14H27BrO2/c1-14(16)17-13-11-9-7-5-3-2-4-6-8-10-12-15/h2-13H2,1H3. The quantitative estimate of drug-likeness (QED) is 0.293. The number of carbonyl (C=O) groups excluding carboxylic acids is 1. The van der Waals surface area contributed by atoms with Crippen LogP contribution in [0.15, 0.2) is 0 Å². The van der Waals surface area contributed by atoms with Gasteiger partial charge >= 0.3 is 5.97 Å². The normalized spacial score (nSPS) is 10.5. The number of alkyl halides is 1. The molecular weight excluding hydrogens is 280 g/mol. The summed E-state index contributed by atoms with van der Waals surface area (Å²) >= 11 is 3.45. The van der Waals surface area contributed by atoms with Gasteiger partial charge in [-0.3, -0.25) is 4.79 Å². The lowest BCUT2D eigenvalue weighted by atomic mass is 10.1. The summed E-state index contributed by atoms with van der Waals surface area (Å²) in [7, 11) is 0. The van der Waals surface area contributed by atoms with Crippen LogP contribution in [0.1, 0.15) is 71.1 Å². The summed E-state index contributed by atoms with van der Waals surface area (Å²) in [6, 6.07) is 0. The second-order valence-corrected chi connectivity index (χ2v) is 5.36. The van der Waals surface area contributed by atoms with E-state index in [0.717, 1.165) is 11.8 Å². The van der Waals surface area contributed by atoms with Crippen LogP contribution in [0.4, 0.5) is 0 Å². The minimum Gasteiger partial charge on any atom is -0.466 e. The van der Waals surface area contributed by atoms with Crippen LogP contribution in [0, 0.1) is 0 Å². The van der Waals surface area contributed by atoms with Gasteiger partial charge in [0, 0.05) is 12.3 Å². The zero-order chi connectivity index (χ0) is 12.8. The predicted octanol–water partition coefficient (Wildman–Crippen LogP) is 4.85. The molecule has 0 bridgehead atoms. The maximum Gasteiger partial charge on any atom is 0.302 e. The number of ether oxygens (including phenoxy) is 1. The maximum absolute atomic E-state index is 10.5. The molecule has 2 nitrogen and oxygen atoms in total. The van der Waals surface area contributed by atoms with E-state index in [-0.39, 0.29) is 5.97 Å². The Balaban J connectivity index is 2.91. The second kappa shape index (κ2) is 14.0. The Kier molecular flexibility index (Phi) is 14.0. The van der Waals surface area contributed by atoms with Gasteiger partial charge in [0.25, 0.3) is 0 Å². The van der Waals surface area contributed by atoms with Crippen molar-refractivity contribution in [2.24, 2.45) is 0 Å². The number of hydrogen-bond donors (Lipinski definition) is 0. The molecule has 0 saturated heterocycles. The summed E-state index contributed by atoms with van der Waals surface area (Å²) in [4.78, 5) is 10.5. The fraction of sp³-hybridized carbons (Fsp3) is 0.929. The highest BCUT2D eigenvalue weighted by molar-refractivity contribution is 9.09. The Hall–Kier alpha value is -0.0500. The van der Waals surface area contributed by atoms with E-state index in [1.165, 1.54) is 64.7 Å². The Bertz CT molecular complexity index is 172. The van der Waals surface area contributed by atoms with Crippen LogP contribution in [-0.2, 0) is 9.53 Å². The molecule has 17 heavy (non-hydrogen) atoms. The Morgan fingerprint density at radius 2 is 1.24 bits per heavy atom. The van der Waals surface area contributed by atoms with Crippen molar-refractivity contribution in [3.05, 3.63) is 0 Å². The number of esters is 1. The molecule has 0 aliphatic rings. The number of unbranched alkanes of at least 4 members (excludes halogenated alkanes) is 9. The van der Waals surface area contributed by atoms with Gasteiger partial charge in [-0.2, -0.15) is 0 Å². The molecule has 0 rings (SSSR count). The Morgan fingerprint density at radius 1 is 0.824 bits per heavy atom. The molecule has 0 aromatic carbocycles. The van der Waals surface area contributed by atoms with E-state index >= 15 is 0 Å². The lowest BCUT2D eigenvalue weighted by Crippen LogP contribution is -2.00. The van der Waals surface area contributed by atoms with Gasteiger partial charge in [-0.05, 0) is 12.8 Å². The Labute approximate surface area is 115 Å². The summed E-state index contributed by atoms with van der Waals surface area (Å²) in [5.74, 6) is -0.159. The molecule has 0 spiro atoms. The lowest BCUT2D eigenvalue weighted by Gasteiger charge is -2.03. The number of halogens is 1. The van der Waals surface area contributed by atoms with Crippen LogP contribution < -0.4 is 0 Å². The zero-order valence-electron chi connectivity index (χ0n) is 11.2. The van der Waals surface area contributed by atoms with Crippen molar-refractivity contribution >= 4 is 21.9 Å². The van der Waals surface area contributed by atoms with Crippen molar-refractivity contribution in [1.82, 2.24) is 0 Å². The fourth-order valence-corrected chi connectivity index (χ4v) is 2.22. The van der Waals surface area contributed by atoms with E-state index in [0.29, 0.717) is 6.61 Å². The van der Waals surface area contributed by atoms with Crippen LogP contribution in [0.25, 0.3) is 0 Å². The van der Waals surface area contributed by atoms with Crippen LogP contribution in [0.3, 0.4) is 0 Å². The van der Waals surface area contributed by atoms with Gasteiger partial charge in [0.15, 0.2) is 0 Å². The van der Waals surface area contributed by atoms with Crippen molar-refractivity contribution in [3.63, 3.8) is 0 Å². The minimum atomic E-state index is -0.159. The summed E-state index contributed by atoms with van der Waals surface area (Å²) in [5.41, 5.74) is 0. The van der Waals surface area contributed by atoms with Gasteiger partial charge in [0.2, 0.25) is 0 Å². The molecule has 0 saturated carbocycles. The molecule has 0 atom stereocenters. The van der Waals surface area contributed by atoms with E-state index in [2.05, 4.69) is 15.9 Å². The highest BCUT2D eigenvalue weighted by Gasteiger charge is 1.94. The third-order valence-corrected chi connectivity index (χ3v) is 3.39. The average Bonchev–Trinajstić information content (AvgIpc) is 2.30. The van der Waals surface area contributed by atoms with Crippen LogP contribution in [-0.4, -0.2) is 17.9 Å². The van der Waals surface area contributed by atoms with Gasteiger partial charge < -0.3 is 4.74 Å². The molecule has 0 unspecified atom stereocenters. The fourth-order valence-electron chi connectivity index (χ4n) is 1.83. The summed E-state index contributed by atoms with van der Waals surface area (Å²) in [5, 5.41) is 1.15. The third-order valence-electron chi connectivity index (χ3n) is 2.83. The first-order valence-electron chi connectivity index (χ1n) is 6.96. The van der Waals surface area contributed by atoms with E-state index in [9.17, 15) is 4.79 Å². The summed E-state index contributed by atoms with van der Waals surface area (Å²) in [6.07, 6.45) is 13.0. The topological polar surface area (TPSA) is 26.3 Å². The predicted molar refractivity (Wildman–Crippen MR) is 76.6 cm³/mol. The molecule has 0 fully saturated rings. The first-order valence-corrected chi connectivity index (χ1v) is 8.09. The molecule has 0 aliphatic heterocycles. The molecule has 0 amide bonds. The molecular formula is C14H27BrO2. The average molecular weight is 307 g/mol. The lowest BCUT2D eigenvalue weighted by molar-refractivity contribution is -0.141. The summed E-state index contributed by atoms with van der Waals surface area (Å²) < 4.78 is 4.88. The van der Waals surface area contributed by atoms with Crippen LogP contribution in [0.5, 0.6) is 0 Å². The van der Waals surface area contributed by atoms with Gasteiger partial charge in [-0.1, -0.05) is 67.3 Å². The SMILES string of the molecule is CC(=O)OCCCCCCCCCCCCBr. The third kappa shape index (κ3) is 15.9. The summed E-state index contributed by atoms with van der Waals surface area (Å²) in [6.45, 7) is 2.07. The molecule has 0 N–H and O–H groups in total. The molecule has 0 aromatic rings. The van der Waals surface area contributed by atoms with Gasteiger partial charge in [0.05, 0.1) is 6.61 Å². The van der Waals surface area contributed by atoms with Gasteiger partial charge in [-0.25, -0.2) is 0 Å². The van der Waals surface area contributed by atoms with Crippen molar-refractivity contribution in [2.75, 3.05) is 11.9 Å². The highest BCUT2D eigenvalue weighted by atomic mass is 79.9. The van der Waals surface area contributed by atoms with Crippen molar-refractivity contribution in [2.45, 2.75) is 71.1 Å².